The van der Waals surface area contributed by atoms with Crippen molar-refractivity contribution in [2.45, 2.75) is 33.6 Å². The molecule has 0 spiro atoms. The lowest BCUT2D eigenvalue weighted by molar-refractivity contribution is 0.849. The first-order valence-corrected chi connectivity index (χ1v) is 6.69. The van der Waals surface area contributed by atoms with Gasteiger partial charge in [0.25, 0.3) is 0 Å². The zero-order chi connectivity index (χ0) is 13.8. The molecule has 2 rings (SSSR count). The van der Waals surface area contributed by atoms with Crippen LogP contribution in [0.5, 0.6) is 0 Å². The van der Waals surface area contributed by atoms with Crippen molar-refractivity contribution in [3.63, 3.8) is 0 Å². The summed E-state index contributed by atoms with van der Waals surface area (Å²) in [6, 6.07) is 0. The molecule has 2 aromatic rings. The largest absolute Gasteiger partial charge is 0.370 e. The van der Waals surface area contributed by atoms with E-state index in [4.69, 9.17) is 11.6 Å². The van der Waals surface area contributed by atoms with E-state index in [0.29, 0.717) is 11.0 Å². The van der Waals surface area contributed by atoms with Crippen LogP contribution in [-0.4, -0.2) is 26.7 Å². The minimum Gasteiger partial charge on any atom is -0.370 e. The van der Waals surface area contributed by atoms with E-state index in [1.165, 1.54) is 5.56 Å². The number of aromatic nitrogens is 4. The SMILES string of the molecule is Cc1nc(Cl)c(C)c(NCCCc2cn[nH]c2C)n1. The van der Waals surface area contributed by atoms with Crippen LogP contribution in [0.15, 0.2) is 6.20 Å². The summed E-state index contributed by atoms with van der Waals surface area (Å²) in [5.74, 6) is 1.50. The number of anilines is 1. The van der Waals surface area contributed by atoms with E-state index in [2.05, 4.69) is 25.5 Å². The molecule has 0 bridgehead atoms. The highest BCUT2D eigenvalue weighted by molar-refractivity contribution is 6.30. The van der Waals surface area contributed by atoms with Gasteiger partial charge in [-0.2, -0.15) is 5.10 Å². The van der Waals surface area contributed by atoms with Gasteiger partial charge in [0.05, 0.1) is 6.20 Å². The number of aromatic amines is 1. The molecule has 2 N–H and O–H groups in total. The summed E-state index contributed by atoms with van der Waals surface area (Å²) in [5.41, 5.74) is 3.29. The molecule has 0 aromatic carbocycles. The third-order valence-electron chi connectivity index (χ3n) is 3.05. The maximum Gasteiger partial charge on any atom is 0.137 e. The molecule has 0 atom stereocenters. The molecular weight excluding hydrogens is 262 g/mol. The van der Waals surface area contributed by atoms with Gasteiger partial charge in [-0.15, -0.1) is 0 Å². The van der Waals surface area contributed by atoms with E-state index in [1.807, 2.05) is 27.0 Å². The second-order valence-electron chi connectivity index (χ2n) is 4.59. The van der Waals surface area contributed by atoms with Crippen LogP contribution in [0.1, 0.15) is 29.1 Å². The molecule has 2 aromatic heterocycles. The topological polar surface area (TPSA) is 66.5 Å². The van der Waals surface area contributed by atoms with Crippen LogP contribution in [0.25, 0.3) is 0 Å². The van der Waals surface area contributed by atoms with Crippen LogP contribution in [0.2, 0.25) is 5.15 Å². The molecular formula is C13H18ClN5. The molecule has 0 fully saturated rings. The molecule has 0 saturated carbocycles. The summed E-state index contributed by atoms with van der Waals surface area (Å²) in [7, 11) is 0. The average molecular weight is 280 g/mol. The van der Waals surface area contributed by atoms with Crippen molar-refractivity contribution in [3.8, 4) is 0 Å². The third kappa shape index (κ3) is 3.44. The Morgan fingerprint density at radius 2 is 2.05 bits per heavy atom. The van der Waals surface area contributed by atoms with E-state index in [0.717, 1.165) is 36.5 Å². The van der Waals surface area contributed by atoms with Gasteiger partial charge in [0.2, 0.25) is 0 Å². The molecule has 2 heterocycles. The highest BCUT2D eigenvalue weighted by atomic mass is 35.5. The molecule has 19 heavy (non-hydrogen) atoms. The fourth-order valence-electron chi connectivity index (χ4n) is 1.88. The van der Waals surface area contributed by atoms with Crippen LogP contribution in [0.4, 0.5) is 5.82 Å². The lowest BCUT2D eigenvalue weighted by Gasteiger charge is -2.10. The third-order valence-corrected chi connectivity index (χ3v) is 3.42. The average Bonchev–Trinajstić information content (AvgIpc) is 2.76. The smallest absolute Gasteiger partial charge is 0.137 e. The molecule has 0 aliphatic rings. The number of rotatable bonds is 5. The molecule has 0 radical (unpaired) electrons. The highest BCUT2D eigenvalue weighted by Gasteiger charge is 2.07. The van der Waals surface area contributed by atoms with Crippen molar-refractivity contribution in [2.24, 2.45) is 0 Å². The summed E-state index contributed by atoms with van der Waals surface area (Å²) >= 11 is 6.03. The van der Waals surface area contributed by atoms with Gasteiger partial charge >= 0.3 is 0 Å². The summed E-state index contributed by atoms with van der Waals surface area (Å²) < 4.78 is 0. The number of hydrogen-bond donors (Lipinski definition) is 2. The first-order chi connectivity index (χ1) is 9.08. The van der Waals surface area contributed by atoms with Gasteiger partial charge in [0, 0.05) is 17.8 Å². The first kappa shape index (κ1) is 13.8. The Balaban J connectivity index is 1.88. The maximum atomic E-state index is 6.03. The minimum atomic E-state index is 0.515. The van der Waals surface area contributed by atoms with Crippen LogP contribution in [0.3, 0.4) is 0 Å². The molecule has 0 saturated heterocycles. The van der Waals surface area contributed by atoms with Crippen molar-refractivity contribution in [1.29, 1.82) is 0 Å². The van der Waals surface area contributed by atoms with Gasteiger partial charge in [0.1, 0.15) is 16.8 Å². The van der Waals surface area contributed by atoms with Crippen molar-refractivity contribution in [1.82, 2.24) is 20.2 Å². The lowest BCUT2D eigenvalue weighted by Crippen LogP contribution is -2.08. The monoisotopic (exact) mass is 279 g/mol. The van der Waals surface area contributed by atoms with Crippen molar-refractivity contribution >= 4 is 17.4 Å². The number of nitrogens with zero attached hydrogens (tertiary/aromatic N) is 3. The van der Waals surface area contributed by atoms with Crippen LogP contribution in [0, 0.1) is 20.8 Å². The van der Waals surface area contributed by atoms with Gasteiger partial charge in [-0.1, -0.05) is 11.6 Å². The van der Waals surface area contributed by atoms with Gasteiger partial charge in [-0.25, -0.2) is 9.97 Å². The minimum absolute atomic E-state index is 0.515. The number of halogens is 1. The van der Waals surface area contributed by atoms with Crippen LogP contribution < -0.4 is 5.32 Å². The fraction of sp³-hybridized carbons (Fsp3) is 0.462. The van der Waals surface area contributed by atoms with E-state index in [-0.39, 0.29) is 0 Å². The Morgan fingerprint density at radius 3 is 2.74 bits per heavy atom. The second kappa shape index (κ2) is 6.02. The number of H-pyrrole nitrogens is 1. The number of hydrogen-bond acceptors (Lipinski definition) is 4. The summed E-state index contributed by atoms with van der Waals surface area (Å²) in [6.45, 7) is 6.64. The normalized spacial score (nSPS) is 10.7. The first-order valence-electron chi connectivity index (χ1n) is 6.31. The predicted molar refractivity (Wildman–Crippen MR) is 76.7 cm³/mol. The Bertz CT molecular complexity index is 564. The van der Waals surface area contributed by atoms with E-state index < -0.39 is 0 Å². The molecule has 102 valence electrons. The summed E-state index contributed by atoms with van der Waals surface area (Å²) in [5, 5.41) is 10.8. The second-order valence-corrected chi connectivity index (χ2v) is 4.94. The standard InChI is InChI=1S/C13H18ClN5/c1-8-12(14)17-10(3)18-13(8)15-6-4-5-11-7-16-19-9(11)2/h7H,4-6H2,1-3H3,(H,16,19)(H,15,17,18). The molecule has 0 unspecified atom stereocenters. The Kier molecular flexibility index (Phi) is 4.37. The van der Waals surface area contributed by atoms with E-state index in [9.17, 15) is 0 Å². The van der Waals surface area contributed by atoms with Crippen molar-refractivity contribution in [2.75, 3.05) is 11.9 Å². The lowest BCUT2D eigenvalue weighted by atomic mass is 10.1. The summed E-state index contributed by atoms with van der Waals surface area (Å²) in [6.07, 6.45) is 3.89. The van der Waals surface area contributed by atoms with Crippen molar-refractivity contribution < 1.29 is 0 Å². The molecule has 0 amide bonds. The highest BCUT2D eigenvalue weighted by Crippen LogP contribution is 2.19. The van der Waals surface area contributed by atoms with E-state index in [1.54, 1.807) is 0 Å². The Hall–Kier alpha value is -1.62. The van der Waals surface area contributed by atoms with Gasteiger partial charge in [0.15, 0.2) is 0 Å². The molecule has 0 aliphatic heterocycles. The van der Waals surface area contributed by atoms with E-state index >= 15 is 0 Å². The Labute approximate surface area is 117 Å². The maximum absolute atomic E-state index is 6.03. The number of nitrogens with one attached hydrogen (secondary N) is 2. The van der Waals surface area contributed by atoms with Crippen LogP contribution >= 0.6 is 11.6 Å². The molecule has 6 heteroatoms. The fourth-order valence-corrected chi connectivity index (χ4v) is 2.09. The molecule has 5 nitrogen and oxygen atoms in total. The van der Waals surface area contributed by atoms with Gasteiger partial charge in [-0.05, 0) is 39.2 Å². The summed E-state index contributed by atoms with van der Waals surface area (Å²) in [4.78, 5) is 8.48. The van der Waals surface area contributed by atoms with Crippen molar-refractivity contribution in [3.05, 3.63) is 34.0 Å². The van der Waals surface area contributed by atoms with Gasteiger partial charge < -0.3 is 5.32 Å². The zero-order valence-electron chi connectivity index (χ0n) is 11.4. The predicted octanol–water partition coefficient (Wildman–Crippen LogP) is 2.82. The molecule has 0 aliphatic carbocycles. The zero-order valence-corrected chi connectivity index (χ0v) is 12.2. The van der Waals surface area contributed by atoms with Crippen LogP contribution in [-0.2, 0) is 6.42 Å². The number of aryl methyl sites for hydroxylation is 3. The van der Waals surface area contributed by atoms with Gasteiger partial charge in [-0.3, -0.25) is 5.10 Å². The quantitative estimate of drug-likeness (QED) is 0.652. The Morgan fingerprint density at radius 1 is 1.26 bits per heavy atom.